The molecule has 14 rings (SSSR count). The second-order valence-electron chi connectivity index (χ2n) is 18.4. The van der Waals surface area contributed by atoms with Gasteiger partial charge in [-0.1, -0.05) is 224 Å². The van der Waals surface area contributed by atoms with Crippen molar-refractivity contribution in [2.45, 2.75) is 35.5 Å². The maximum absolute atomic E-state index is 2.58. The van der Waals surface area contributed by atoms with E-state index in [0.29, 0.717) is 5.92 Å². The van der Waals surface area contributed by atoms with Crippen molar-refractivity contribution in [2.24, 2.45) is 5.92 Å². The van der Waals surface area contributed by atoms with Crippen LogP contribution in [-0.4, -0.2) is 0 Å². The molecule has 3 unspecified atom stereocenters. The SMILES string of the molecule is C1=CCC(C2(c3ccccc3)c3ccccc3-c3c2ccc2c3-c3ccccc3C23c2ccccc2-c2c3ccc3c2-c2ccccc2C3(c2ccccc2)c2ccccc2)CC1. The summed E-state index contributed by atoms with van der Waals surface area (Å²) in [6.45, 7) is 0. The minimum absolute atomic E-state index is 0.258. The monoisotopic (exact) mass is 800 g/mol. The highest BCUT2D eigenvalue weighted by Crippen LogP contribution is 2.70. The Morgan fingerprint density at radius 3 is 1.13 bits per heavy atom. The topological polar surface area (TPSA) is 0 Å². The van der Waals surface area contributed by atoms with Crippen LogP contribution in [0.1, 0.15) is 80.5 Å². The quantitative estimate of drug-likeness (QED) is 0.156. The minimum Gasteiger partial charge on any atom is -0.0885 e. The second-order valence-corrected chi connectivity index (χ2v) is 18.4. The van der Waals surface area contributed by atoms with E-state index in [9.17, 15) is 0 Å². The first-order valence-electron chi connectivity index (χ1n) is 22.9. The lowest BCUT2D eigenvalue weighted by Crippen LogP contribution is -2.36. The standard InChI is InChI=1S/C63H44/c1-5-21-41(22-6-1)61(42-23-7-2-8-24-42)49-33-17-13-29-45(49)57-53(61)37-39-55-59(57)47-31-15-19-35-51(47)63(55)52-36-20-16-32-48(52)60-56(63)40-38-54-58(60)46-30-14-18-34-50(46)62(54,43-25-9-3-10-26-43)44-27-11-4-12-28-44/h1-11,13-26,29-40,44H,12,27-28H2. The molecule has 5 aliphatic carbocycles. The average Bonchev–Trinajstić information content (AvgIpc) is 4.05. The molecule has 0 nitrogen and oxygen atoms in total. The normalized spacial score (nSPS) is 20.9. The number of rotatable bonds is 4. The fourth-order valence-corrected chi connectivity index (χ4v) is 13.9. The van der Waals surface area contributed by atoms with Gasteiger partial charge in [0.2, 0.25) is 0 Å². The van der Waals surface area contributed by atoms with Crippen LogP contribution in [0.3, 0.4) is 0 Å². The van der Waals surface area contributed by atoms with Gasteiger partial charge >= 0.3 is 0 Å². The van der Waals surface area contributed by atoms with E-state index in [1.165, 1.54) is 106 Å². The van der Waals surface area contributed by atoms with E-state index in [1.54, 1.807) is 0 Å². The maximum Gasteiger partial charge on any atom is 0.0725 e. The zero-order chi connectivity index (χ0) is 41.3. The molecule has 5 aliphatic rings. The highest BCUT2D eigenvalue weighted by molar-refractivity contribution is 6.07. The number of benzene rings is 9. The van der Waals surface area contributed by atoms with Crippen molar-refractivity contribution in [1.29, 1.82) is 0 Å². The highest BCUT2D eigenvalue weighted by atomic mass is 14.6. The Labute approximate surface area is 369 Å². The summed E-state index contributed by atoms with van der Waals surface area (Å²) in [5.74, 6) is 0.445. The van der Waals surface area contributed by atoms with Crippen LogP contribution in [0, 0.1) is 5.92 Å². The summed E-state index contributed by atoms with van der Waals surface area (Å²) in [5, 5.41) is 0. The number of fused-ring (bicyclic) bond motifs is 18. The van der Waals surface area contributed by atoms with E-state index in [0.717, 1.165) is 19.3 Å². The van der Waals surface area contributed by atoms with E-state index in [-0.39, 0.29) is 5.41 Å². The molecular formula is C63H44. The Morgan fingerprint density at radius 1 is 0.286 bits per heavy atom. The Kier molecular flexibility index (Phi) is 7.22. The predicted octanol–water partition coefficient (Wildman–Crippen LogP) is 15.1. The van der Waals surface area contributed by atoms with Gasteiger partial charge in [-0.25, -0.2) is 0 Å². The van der Waals surface area contributed by atoms with Gasteiger partial charge in [0.25, 0.3) is 0 Å². The largest absolute Gasteiger partial charge is 0.0885 e. The molecule has 0 amide bonds. The maximum atomic E-state index is 2.58. The van der Waals surface area contributed by atoms with Crippen molar-refractivity contribution in [2.75, 3.05) is 0 Å². The number of hydrogen-bond acceptors (Lipinski definition) is 0. The van der Waals surface area contributed by atoms with E-state index < -0.39 is 10.8 Å². The van der Waals surface area contributed by atoms with Gasteiger partial charge in [-0.3, -0.25) is 0 Å². The molecule has 0 saturated heterocycles. The lowest BCUT2D eigenvalue weighted by atomic mass is 9.60. The van der Waals surface area contributed by atoms with E-state index in [4.69, 9.17) is 0 Å². The van der Waals surface area contributed by atoms with Gasteiger partial charge in [0.15, 0.2) is 0 Å². The van der Waals surface area contributed by atoms with E-state index in [1.807, 2.05) is 0 Å². The lowest BCUT2D eigenvalue weighted by Gasteiger charge is -2.41. The molecule has 0 heteroatoms. The summed E-state index contributed by atoms with van der Waals surface area (Å²) in [7, 11) is 0. The Hall–Kier alpha value is -7.28. The summed E-state index contributed by atoms with van der Waals surface area (Å²) < 4.78 is 0. The third-order valence-electron chi connectivity index (χ3n) is 16.0. The molecule has 0 heterocycles. The van der Waals surface area contributed by atoms with Crippen LogP contribution in [0.25, 0.3) is 44.5 Å². The molecule has 0 aromatic heterocycles. The first kappa shape index (κ1) is 35.3. The molecule has 0 N–H and O–H groups in total. The van der Waals surface area contributed by atoms with Gasteiger partial charge in [0, 0.05) is 5.41 Å². The fourth-order valence-electron chi connectivity index (χ4n) is 13.9. The van der Waals surface area contributed by atoms with Crippen molar-refractivity contribution in [3.63, 3.8) is 0 Å². The van der Waals surface area contributed by atoms with Crippen LogP contribution < -0.4 is 0 Å². The second kappa shape index (κ2) is 12.9. The van der Waals surface area contributed by atoms with E-state index in [2.05, 4.69) is 224 Å². The Morgan fingerprint density at radius 2 is 0.651 bits per heavy atom. The smallest absolute Gasteiger partial charge is 0.0725 e. The Bertz CT molecular complexity index is 3330. The zero-order valence-corrected chi connectivity index (χ0v) is 35.1. The van der Waals surface area contributed by atoms with Gasteiger partial charge in [-0.2, -0.15) is 0 Å². The molecule has 0 bridgehead atoms. The first-order chi connectivity index (χ1) is 31.3. The van der Waals surface area contributed by atoms with Gasteiger partial charge in [0.05, 0.1) is 10.8 Å². The lowest BCUT2D eigenvalue weighted by molar-refractivity contribution is 0.349. The van der Waals surface area contributed by atoms with Crippen molar-refractivity contribution in [3.05, 3.63) is 286 Å². The summed E-state index contributed by atoms with van der Waals surface area (Å²) in [6.07, 6.45) is 8.20. The third-order valence-corrected chi connectivity index (χ3v) is 16.0. The van der Waals surface area contributed by atoms with Gasteiger partial charge < -0.3 is 0 Å². The van der Waals surface area contributed by atoms with Crippen molar-refractivity contribution < 1.29 is 0 Å². The van der Waals surface area contributed by atoms with Crippen molar-refractivity contribution >= 4 is 0 Å². The molecule has 296 valence electrons. The minimum atomic E-state index is -0.498. The van der Waals surface area contributed by atoms with Crippen molar-refractivity contribution in [1.82, 2.24) is 0 Å². The van der Waals surface area contributed by atoms with Crippen LogP contribution in [0.5, 0.6) is 0 Å². The molecule has 3 atom stereocenters. The zero-order valence-electron chi connectivity index (χ0n) is 35.1. The van der Waals surface area contributed by atoms with Gasteiger partial charge in [-0.05, 0) is 131 Å². The van der Waals surface area contributed by atoms with Gasteiger partial charge in [-0.15, -0.1) is 0 Å². The number of allylic oxidation sites excluding steroid dienone is 2. The summed E-state index contributed by atoms with van der Waals surface area (Å²) in [5.41, 5.74) is 24.9. The fraction of sp³-hybridized carbons (Fsp3) is 0.111. The third kappa shape index (κ3) is 4.18. The van der Waals surface area contributed by atoms with Crippen LogP contribution in [0.4, 0.5) is 0 Å². The van der Waals surface area contributed by atoms with Crippen LogP contribution in [0.2, 0.25) is 0 Å². The Balaban J connectivity index is 1.11. The molecule has 0 aliphatic heterocycles. The molecule has 0 saturated carbocycles. The summed E-state index contributed by atoms with van der Waals surface area (Å²) >= 11 is 0. The first-order valence-corrected chi connectivity index (χ1v) is 22.9. The molecule has 0 radical (unpaired) electrons. The van der Waals surface area contributed by atoms with Gasteiger partial charge in [0.1, 0.15) is 0 Å². The molecule has 63 heavy (non-hydrogen) atoms. The molecule has 0 fully saturated rings. The van der Waals surface area contributed by atoms with Crippen molar-refractivity contribution in [3.8, 4) is 44.5 Å². The molecule has 9 aromatic rings. The average molecular weight is 801 g/mol. The molecule has 9 aromatic carbocycles. The highest BCUT2D eigenvalue weighted by Gasteiger charge is 2.58. The van der Waals surface area contributed by atoms with Crippen LogP contribution >= 0.6 is 0 Å². The van der Waals surface area contributed by atoms with Crippen LogP contribution in [0.15, 0.2) is 224 Å². The molecular weight excluding hydrogens is 757 g/mol. The number of hydrogen-bond donors (Lipinski definition) is 0. The molecule has 1 spiro atoms. The summed E-state index contributed by atoms with van der Waals surface area (Å²) in [6, 6.07) is 81.7. The van der Waals surface area contributed by atoms with Crippen LogP contribution in [-0.2, 0) is 16.2 Å². The predicted molar refractivity (Wildman–Crippen MR) is 258 cm³/mol. The summed E-state index contributed by atoms with van der Waals surface area (Å²) in [4.78, 5) is 0. The van der Waals surface area contributed by atoms with E-state index >= 15 is 0 Å².